The zero-order valence-electron chi connectivity index (χ0n) is 14.1. The van der Waals surface area contributed by atoms with E-state index in [2.05, 4.69) is 98.8 Å². The smallest absolute Gasteiger partial charge is 0.123 e. The largest absolute Gasteiger partial charge is 0.487 e. The Hall–Kier alpha value is -2.54. The Bertz CT molecular complexity index is 821. The number of fused-ring (bicyclic) bond motifs is 1. The third kappa shape index (κ3) is 2.50. The van der Waals surface area contributed by atoms with Crippen LogP contribution in [-0.2, 0) is 0 Å². The van der Waals surface area contributed by atoms with Crippen LogP contribution in [0.2, 0.25) is 0 Å². The molecule has 120 valence electrons. The molecule has 4 rings (SSSR count). The molecule has 0 bridgehead atoms. The SMILES string of the molecule is CC1(C)Oc2ccccc2C(c2ccccc2)[C@H]1c1ccccc1. The molecular formula is C23H22O. The highest BCUT2D eigenvalue weighted by molar-refractivity contribution is 5.49. The lowest BCUT2D eigenvalue weighted by molar-refractivity contribution is 0.0531. The Morgan fingerprint density at radius 3 is 1.88 bits per heavy atom. The summed E-state index contributed by atoms with van der Waals surface area (Å²) in [4.78, 5) is 0. The summed E-state index contributed by atoms with van der Waals surface area (Å²) in [6, 6.07) is 30.0. The maximum atomic E-state index is 6.44. The van der Waals surface area contributed by atoms with Gasteiger partial charge in [0.05, 0.1) is 0 Å². The molecule has 1 heterocycles. The lowest BCUT2D eigenvalue weighted by atomic mass is 9.68. The van der Waals surface area contributed by atoms with Crippen molar-refractivity contribution >= 4 is 0 Å². The van der Waals surface area contributed by atoms with Crippen molar-refractivity contribution in [3.63, 3.8) is 0 Å². The lowest BCUT2D eigenvalue weighted by Gasteiger charge is -2.45. The first-order valence-electron chi connectivity index (χ1n) is 8.54. The number of ether oxygens (including phenoxy) is 1. The Morgan fingerprint density at radius 2 is 1.21 bits per heavy atom. The van der Waals surface area contributed by atoms with Crippen LogP contribution in [0, 0.1) is 0 Å². The minimum Gasteiger partial charge on any atom is -0.487 e. The van der Waals surface area contributed by atoms with Crippen molar-refractivity contribution in [3.05, 3.63) is 102 Å². The van der Waals surface area contributed by atoms with E-state index in [1.165, 1.54) is 16.7 Å². The standard InChI is InChI=1S/C23H22O/c1-23(2)22(18-13-7-4-8-14-18)21(17-11-5-3-6-12-17)19-15-9-10-16-20(19)24-23/h3-16,21-22H,1-2H3/t21?,22-/m1/s1. The maximum Gasteiger partial charge on any atom is 0.123 e. The molecule has 0 spiro atoms. The quantitative estimate of drug-likeness (QED) is 0.583. The van der Waals surface area contributed by atoms with E-state index >= 15 is 0 Å². The van der Waals surface area contributed by atoms with E-state index in [1.807, 2.05) is 0 Å². The van der Waals surface area contributed by atoms with Crippen LogP contribution in [0.3, 0.4) is 0 Å². The van der Waals surface area contributed by atoms with Gasteiger partial charge in [0.1, 0.15) is 11.4 Å². The van der Waals surface area contributed by atoms with E-state index in [1.54, 1.807) is 0 Å². The summed E-state index contributed by atoms with van der Waals surface area (Å²) in [5.41, 5.74) is 3.66. The van der Waals surface area contributed by atoms with Crippen LogP contribution in [0.1, 0.15) is 42.4 Å². The summed E-state index contributed by atoms with van der Waals surface area (Å²) >= 11 is 0. The first kappa shape index (κ1) is 15.0. The second-order valence-corrected chi connectivity index (χ2v) is 7.02. The first-order valence-corrected chi connectivity index (χ1v) is 8.54. The van der Waals surface area contributed by atoms with Crippen LogP contribution in [0.15, 0.2) is 84.9 Å². The van der Waals surface area contributed by atoms with Gasteiger partial charge in [0.25, 0.3) is 0 Å². The molecule has 0 aromatic heterocycles. The number of hydrogen-bond acceptors (Lipinski definition) is 1. The molecular weight excluding hydrogens is 292 g/mol. The van der Waals surface area contributed by atoms with Crippen LogP contribution < -0.4 is 4.74 Å². The fourth-order valence-corrected chi connectivity index (χ4v) is 4.04. The van der Waals surface area contributed by atoms with Gasteiger partial charge in [-0.3, -0.25) is 0 Å². The predicted octanol–water partition coefficient (Wildman–Crippen LogP) is 5.77. The summed E-state index contributed by atoms with van der Waals surface area (Å²) in [5, 5.41) is 0. The Kier molecular flexibility index (Phi) is 3.65. The summed E-state index contributed by atoms with van der Waals surface area (Å²) in [6.07, 6.45) is 0. The molecule has 2 atom stereocenters. The van der Waals surface area contributed by atoms with Crippen LogP contribution in [0.5, 0.6) is 5.75 Å². The van der Waals surface area contributed by atoms with Gasteiger partial charge in [-0.15, -0.1) is 0 Å². The third-order valence-electron chi connectivity index (χ3n) is 5.03. The van der Waals surface area contributed by atoms with E-state index in [4.69, 9.17) is 4.74 Å². The number of hydrogen-bond donors (Lipinski definition) is 0. The van der Waals surface area contributed by atoms with Crippen molar-refractivity contribution in [3.8, 4) is 5.75 Å². The molecule has 0 amide bonds. The van der Waals surface area contributed by atoms with Gasteiger partial charge < -0.3 is 4.74 Å². The summed E-state index contributed by atoms with van der Waals surface area (Å²) in [7, 11) is 0. The number of benzene rings is 3. The van der Waals surface area contributed by atoms with Crippen molar-refractivity contribution < 1.29 is 4.74 Å². The molecule has 1 aliphatic rings. The average molecular weight is 314 g/mol. The number of rotatable bonds is 2. The fourth-order valence-electron chi connectivity index (χ4n) is 4.04. The van der Waals surface area contributed by atoms with Gasteiger partial charge in [-0.2, -0.15) is 0 Å². The molecule has 0 N–H and O–H groups in total. The van der Waals surface area contributed by atoms with Gasteiger partial charge in [0, 0.05) is 17.4 Å². The molecule has 0 radical (unpaired) electrons. The second-order valence-electron chi connectivity index (χ2n) is 7.02. The van der Waals surface area contributed by atoms with Gasteiger partial charge in [-0.25, -0.2) is 0 Å². The molecule has 0 fully saturated rings. The van der Waals surface area contributed by atoms with Crippen molar-refractivity contribution in [2.45, 2.75) is 31.3 Å². The van der Waals surface area contributed by atoms with Crippen LogP contribution in [0.25, 0.3) is 0 Å². The van der Waals surface area contributed by atoms with Gasteiger partial charge >= 0.3 is 0 Å². The molecule has 24 heavy (non-hydrogen) atoms. The van der Waals surface area contributed by atoms with E-state index in [-0.39, 0.29) is 17.4 Å². The van der Waals surface area contributed by atoms with Gasteiger partial charge in [0.15, 0.2) is 0 Å². The molecule has 3 aromatic carbocycles. The highest BCUT2D eigenvalue weighted by Gasteiger charge is 2.44. The minimum atomic E-state index is -0.282. The molecule has 0 saturated carbocycles. The van der Waals surface area contributed by atoms with Gasteiger partial charge in [0.2, 0.25) is 0 Å². The summed E-state index contributed by atoms with van der Waals surface area (Å²) in [6.45, 7) is 4.41. The van der Waals surface area contributed by atoms with Gasteiger partial charge in [-0.1, -0.05) is 78.9 Å². The third-order valence-corrected chi connectivity index (χ3v) is 5.03. The molecule has 0 saturated heterocycles. The topological polar surface area (TPSA) is 9.23 Å². The molecule has 1 unspecified atom stereocenters. The minimum absolute atomic E-state index is 0.260. The molecule has 1 heteroatoms. The second kappa shape index (κ2) is 5.83. The summed E-state index contributed by atoms with van der Waals surface area (Å²) in [5.74, 6) is 1.55. The summed E-state index contributed by atoms with van der Waals surface area (Å²) < 4.78 is 6.44. The average Bonchev–Trinajstić information content (AvgIpc) is 2.61. The lowest BCUT2D eigenvalue weighted by Crippen LogP contribution is -2.43. The monoisotopic (exact) mass is 314 g/mol. The fraction of sp³-hybridized carbons (Fsp3) is 0.217. The highest BCUT2D eigenvalue weighted by atomic mass is 16.5. The zero-order chi connectivity index (χ0) is 16.6. The normalized spacial score (nSPS) is 21.6. The predicted molar refractivity (Wildman–Crippen MR) is 98.6 cm³/mol. The van der Waals surface area contributed by atoms with E-state index < -0.39 is 0 Å². The van der Waals surface area contributed by atoms with Crippen molar-refractivity contribution in [2.75, 3.05) is 0 Å². The maximum absolute atomic E-state index is 6.44. The van der Waals surface area contributed by atoms with Crippen molar-refractivity contribution in [1.29, 1.82) is 0 Å². The molecule has 3 aromatic rings. The van der Waals surface area contributed by atoms with E-state index in [0.717, 1.165) is 5.75 Å². The van der Waals surface area contributed by atoms with Crippen molar-refractivity contribution in [1.82, 2.24) is 0 Å². The van der Waals surface area contributed by atoms with Crippen LogP contribution in [0.4, 0.5) is 0 Å². The first-order chi connectivity index (χ1) is 11.7. The molecule has 0 aliphatic carbocycles. The van der Waals surface area contributed by atoms with Gasteiger partial charge in [-0.05, 0) is 31.0 Å². The highest BCUT2D eigenvalue weighted by Crippen LogP contribution is 2.52. The number of para-hydroxylation sites is 1. The molecule has 1 aliphatic heterocycles. The van der Waals surface area contributed by atoms with Crippen molar-refractivity contribution in [2.24, 2.45) is 0 Å². The molecule has 1 nitrogen and oxygen atoms in total. The van der Waals surface area contributed by atoms with E-state index in [0.29, 0.717) is 0 Å². The van der Waals surface area contributed by atoms with Crippen LogP contribution in [-0.4, -0.2) is 5.60 Å². The Morgan fingerprint density at radius 1 is 0.667 bits per heavy atom. The van der Waals surface area contributed by atoms with Crippen LogP contribution >= 0.6 is 0 Å². The Labute approximate surface area is 143 Å². The Balaban J connectivity index is 1.95. The van der Waals surface area contributed by atoms with E-state index in [9.17, 15) is 0 Å². The zero-order valence-corrected chi connectivity index (χ0v) is 14.1.